The minimum absolute atomic E-state index is 0.0637. The number of anilines is 1. The van der Waals surface area contributed by atoms with Crippen LogP contribution < -0.4 is 9.62 Å². The molecule has 0 saturated heterocycles. The summed E-state index contributed by atoms with van der Waals surface area (Å²) in [5.41, 5.74) is -0.480. The van der Waals surface area contributed by atoms with Gasteiger partial charge < -0.3 is 10.2 Å². The fourth-order valence-corrected chi connectivity index (χ4v) is 5.72. The highest BCUT2D eigenvalue weighted by atomic mass is 35.5. The maximum Gasteiger partial charge on any atom is 0.417 e. The number of benzene rings is 3. The molecule has 1 N–H and O–H groups in total. The molecule has 0 aliphatic rings. The molecule has 3 rings (SSSR count). The van der Waals surface area contributed by atoms with Crippen LogP contribution in [0.15, 0.2) is 66.7 Å². The molecule has 0 saturated carbocycles. The lowest BCUT2D eigenvalue weighted by molar-refractivity contribution is -0.140. The zero-order valence-electron chi connectivity index (χ0n) is 24.0. The van der Waals surface area contributed by atoms with E-state index in [1.807, 2.05) is 6.92 Å². The molecular weight excluding hydrogens is 662 g/mol. The standard InChI is InChI=1S/C30H31Cl3F3N3O4S/c1-4-19(2)37-29(41)27(15-20-8-6-5-7-9-20)38(17-21-10-12-25(32)26(33)14-21)28(40)18-39(44(3,42)43)22-11-13-24(31)23(16-22)30(34,35)36/h5-14,16,19,27H,4,15,17-18H2,1-3H3,(H,37,41)/t19-,27-/m1/s1. The van der Waals surface area contributed by atoms with Gasteiger partial charge in [0, 0.05) is 19.0 Å². The number of carbonyl (C=O) groups is 2. The summed E-state index contributed by atoms with van der Waals surface area (Å²) in [7, 11) is -4.30. The summed E-state index contributed by atoms with van der Waals surface area (Å²) in [5, 5.41) is 2.71. The summed E-state index contributed by atoms with van der Waals surface area (Å²) in [5.74, 6) is -1.33. The Hall–Kier alpha value is -2.99. The van der Waals surface area contributed by atoms with Gasteiger partial charge in [0.25, 0.3) is 0 Å². The Labute approximate surface area is 269 Å². The van der Waals surface area contributed by atoms with Crippen molar-refractivity contribution in [3.05, 3.63) is 98.5 Å². The first kappa shape index (κ1) is 35.5. The minimum Gasteiger partial charge on any atom is -0.352 e. The lowest BCUT2D eigenvalue weighted by atomic mass is 10.0. The Morgan fingerprint density at radius 1 is 0.909 bits per heavy atom. The molecule has 0 aliphatic carbocycles. The fourth-order valence-electron chi connectivity index (χ4n) is 4.33. The van der Waals surface area contributed by atoms with Gasteiger partial charge in [-0.05, 0) is 54.8 Å². The SMILES string of the molecule is CC[C@@H](C)NC(=O)[C@@H](Cc1ccccc1)N(Cc1ccc(Cl)c(Cl)c1)C(=O)CN(c1ccc(Cl)c(C(F)(F)F)c1)S(C)(=O)=O. The van der Waals surface area contributed by atoms with E-state index in [0.29, 0.717) is 22.4 Å². The summed E-state index contributed by atoms with van der Waals surface area (Å²) in [6.45, 7) is 2.59. The number of nitrogens with one attached hydrogen (secondary N) is 1. The van der Waals surface area contributed by atoms with Crippen molar-refractivity contribution in [2.75, 3.05) is 17.1 Å². The third-order valence-corrected chi connectivity index (χ3v) is 9.04. The van der Waals surface area contributed by atoms with Crippen LogP contribution in [-0.4, -0.2) is 50.0 Å². The second kappa shape index (κ2) is 14.9. The van der Waals surface area contributed by atoms with Gasteiger partial charge in [0.1, 0.15) is 12.6 Å². The van der Waals surface area contributed by atoms with Crippen molar-refractivity contribution < 1.29 is 31.2 Å². The third kappa shape index (κ3) is 9.50. The maximum absolute atomic E-state index is 14.1. The monoisotopic (exact) mass is 691 g/mol. The van der Waals surface area contributed by atoms with Crippen LogP contribution in [0.5, 0.6) is 0 Å². The van der Waals surface area contributed by atoms with Gasteiger partial charge in [-0.2, -0.15) is 13.2 Å². The number of sulfonamides is 1. The van der Waals surface area contributed by atoms with Crippen molar-refractivity contribution in [3.63, 3.8) is 0 Å². The van der Waals surface area contributed by atoms with E-state index in [0.717, 1.165) is 24.0 Å². The lowest BCUT2D eigenvalue weighted by Gasteiger charge is -2.34. The van der Waals surface area contributed by atoms with Crippen molar-refractivity contribution in [1.29, 1.82) is 0 Å². The number of hydrogen-bond acceptors (Lipinski definition) is 4. The van der Waals surface area contributed by atoms with Crippen LogP contribution in [0, 0.1) is 0 Å². The molecule has 0 heterocycles. The molecule has 0 fully saturated rings. The number of nitrogens with zero attached hydrogens (tertiary/aromatic N) is 2. The summed E-state index contributed by atoms with van der Waals surface area (Å²) in [6.07, 6.45) is -3.45. The number of amides is 2. The van der Waals surface area contributed by atoms with Crippen molar-refractivity contribution in [2.24, 2.45) is 0 Å². The molecule has 44 heavy (non-hydrogen) atoms. The van der Waals surface area contributed by atoms with E-state index >= 15 is 0 Å². The van der Waals surface area contributed by atoms with Gasteiger partial charge in [-0.3, -0.25) is 13.9 Å². The van der Waals surface area contributed by atoms with Crippen molar-refractivity contribution in [2.45, 2.75) is 51.5 Å². The van der Waals surface area contributed by atoms with Crippen molar-refractivity contribution in [1.82, 2.24) is 10.2 Å². The van der Waals surface area contributed by atoms with E-state index in [1.165, 1.54) is 17.0 Å². The number of halogens is 6. The van der Waals surface area contributed by atoms with Gasteiger partial charge >= 0.3 is 6.18 Å². The second-order valence-electron chi connectivity index (χ2n) is 10.2. The average Bonchev–Trinajstić information content (AvgIpc) is 2.95. The normalized spacial score (nSPS) is 13.2. The summed E-state index contributed by atoms with van der Waals surface area (Å²) < 4.78 is 67.2. The average molecular weight is 693 g/mol. The molecule has 7 nitrogen and oxygen atoms in total. The van der Waals surface area contributed by atoms with Crippen LogP contribution in [0.25, 0.3) is 0 Å². The highest BCUT2D eigenvalue weighted by Gasteiger charge is 2.36. The first-order chi connectivity index (χ1) is 20.5. The molecule has 0 unspecified atom stereocenters. The summed E-state index contributed by atoms with van der Waals surface area (Å²) in [4.78, 5) is 29.0. The molecule has 14 heteroatoms. The summed E-state index contributed by atoms with van der Waals surface area (Å²) >= 11 is 18.0. The largest absolute Gasteiger partial charge is 0.417 e. The van der Waals surface area contributed by atoms with Crippen molar-refractivity contribution >= 4 is 62.3 Å². The quantitative estimate of drug-likeness (QED) is 0.222. The summed E-state index contributed by atoms with van der Waals surface area (Å²) in [6, 6.07) is 14.7. The smallest absolute Gasteiger partial charge is 0.352 e. The topological polar surface area (TPSA) is 86.8 Å². The molecule has 3 aromatic rings. The zero-order valence-corrected chi connectivity index (χ0v) is 27.1. The number of hydrogen-bond donors (Lipinski definition) is 1. The molecule has 0 radical (unpaired) electrons. The molecule has 238 valence electrons. The van der Waals surface area contributed by atoms with Crippen LogP contribution in [-0.2, 0) is 38.8 Å². The van der Waals surface area contributed by atoms with Gasteiger partial charge in [-0.15, -0.1) is 0 Å². The molecule has 0 spiro atoms. The molecule has 2 amide bonds. The van der Waals surface area contributed by atoms with Crippen LogP contribution in [0.3, 0.4) is 0 Å². The van der Waals surface area contributed by atoms with Crippen LogP contribution in [0.2, 0.25) is 15.1 Å². The predicted octanol–water partition coefficient (Wildman–Crippen LogP) is 6.99. The Morgan fingerprint density at radius 3 is 2.11 bits per heavy atom. The Morgan fingerprint density at radius 2 is 1.55 bits per heavy atom. The Kier molecular flexibility index (Phi) is 12.0. The van der Waals surface area contributed by atoms with E-state index < -0.39 is 56.9 Å². The fraction of sp³-hybridized carbons (Fsp3) is 0.333. The lowest BCUT2D eigenvalue weighted by Crippen LogP contribution is -2.54. The third-order valence-electron chi connectivity index (χ3n) is 6.83. The number of rotatable bonds is 12. The van der Waals surface area contributed by atoms with E-state index in [9.17, 15) is 31.2 Å². The Balaban J connectivity index is 2.13. The highest BCUT2D eigenvalue weighted by Crippen LogP contribution is 2.37. The Bertz CT molecular complexity index is 1590. The molecular formula is C30H31Cl3F3N3O4S. The number of carbonyl (C=O) groups excluding carboxylic acids is 2. The van der Waals surface area contributed by atoms with Crippen LogP contribution in [0.1, 0.15) is 37.0 Å². The van der Waals surface area contributed by atoms with Gasteiger partial charge in [-0.1, -0.05) is 78.1 Å². The highest BCUT2D eigenvalue weighted by molar-refractivity contribution is 7.92. The van der Waals surface area contributed by atoms with Crippen LogP contribution in [0.4, 0.5) is 18.9 Å². The van der Waals surface area contributed by atoms with E-state index in [4.69, 9.17) is 34.8 Å². The van der Waals surface area contributed by atoms with Gasteiger partial charge in [0.05, 0.1) is 32.6 Å². The zero-order chi connectivity index (χ0) is 32.8. The molecule has 0 bridgehead atoms. The molecule has 3 aromatic carbocycles. The first-order valence-corrected chi connectivity index (χ1v) is 16.4. The minimum atomic E-state index is -4.88. The van der Waals surface area contributed by atoms with Gasteiger partial charge in [-0.25, -0.2) is 8.42 Å². The molecule has 0 aromatic heterocycles. The van der Waals surface area contributed by atoms with Gasteiger partial charge in [0.15, 0.2) is 0 Å². The molecule has 0 aliphatic heterocycles. The number of alkyl halides is 3. The molecule has 2 atom stereocenters. The van der Waals surface area contributed by atoms with Gasteiger partial charge in [0.2, 0.25) is 21.8 Å². The van der Waals surface area contributed by atoms with Crippen LogP contribution >= 0.6 is 34.8 Å². The van der Waals surface area contributed by atoms with E-state index in [2.05, 4.69) is 5.32 Å². The van der Waals surface area contributed by atoms with E-state index in [1.54, 1.807) is 43.3 Å². The first-order valence-electron chi connectivity index (χ1n) is 13.4. The second-order valence-corrected chi connectivity index (χ2v) is 13.4. The van der Waals surface area contributed by atoms with E-state index in [-0.39, 0.29) is 29.1 Å². The maximum atomic E-state index is 14.1. The predicted molar refractivity (Wildman–Crippen MR) is 167 cm³/mol. The van der Waals surface area contributed by atoms with Crippen molar-refractivity contribution in [3.8, 4) is 0 Å².